The van der Waals surface area contributed by atoms with Gasteiger partial charge in [0.25, 0.3) is 0 Å². The van der Waals surface area contributed by atoms with Gasteiger partial charge in [-0.2, -0.15) is 0 Å². The summed E-state index contributed by atoms with van der Waals surface area (Å²) < 4.78 is 62.2. The predicted octanol–water partition coefficient (Wildman–Crippen LogP) is 6.20. The Labute approximate surface area is 281 Å². The van der Waals surface area contributed by atoms with Crippen LogP contribution in [0.15, 0.2) is 102 Å². The van der Waals surface area contributed by atoms with E-state index in [-0.39, 0.29) is 38.3 Å². The summed E-state index contributed by atoms with van der Waals surface area (Å²) in [5.74, 6) is -1.37. The highest BCUT2D eigenvalue weighted by molar-refractivity contribution is 5.03. The van der Waals surface area contributed by atoms with E-state index in [2.05, 4.69) is 52.6 Å². The third-order valence-electron chi connectivity index (χ3n) is 8.12. The molecule has 0 spiro atoms. The first kappa shape index (κ1) is 40.1. The minimum absolute atomic E-state index is 0.0401. The summed E-state index contributed by atoms with van der Waals surface area (Å²) in [6.45, 7) is 32.8. The Morgan fingerprint density at radius 3 is 1.72 bits per heavy atom. The van der Waals surface area contributed by atoms with Crippen LogP contribution in [0, 0.1) is 11.8 Å². The molecule has 1 heterocycles. The molecule has 1 aliphatic carbocycles. The van der Waals surface area contributed by atoms with Crippen molar-refractivity contribution in [1.82, 2.24) is 0 Å². The van der Waals surface area contributed by atoms with Gasteiger partial charge in [-0.1, -0.05) is 50.6 Å². The Morgan fingerprint density at radius 1 is 0.596 bits per heavy atom. The first-order valence-electron chi connectivity index (χ1n) is 16.2. The van der Waals surface area contributed by atoms with Crippen LogP contribution in [0.25, 0.3) is 0 Å². The van der Waals surface area contributed by atoms with Crippen molar-refractivity contribution in [3.63, 3.8) is 0 Å². The lowest BCUT2D eigenvalue weighted by molar-refractivity contribution is -0.319. The molecule has 0 amide bonds. The average Bonchev–Trinajstić information content (AvgIpc) is 3.35. The van der Waals surface area contributed by atoms with Crippen LogP contribution in [0.4, 0.5) is 0 Å². The van der Waals surface area contributed by atoms with Crippen molar-refractivity contribution in [2.45, 2.75) is 68.1 Å². The quantitative estimate of drug-likeness (QED) is 0.0525. The predicted molar refractivity (Wildman–Crippen MR) is 182 cm³/mol. The molecule has 264 valence electrons. The lowest BCUT2D eigenvalue weighted by atomic mass is 9.73. The van der Waals surface area contributed by atoms with Gasteiger partial charge in [0.1, 0.15) is 18.3 Å². The summed E-state index contributed by atoms with van der Waals surface area (Å²) in [7, 11) is 0. The molecule has 2 aliphatic rings. The van der Waals surface area contributed by atoms with Gasteiger partial charge in [-0.3, -0.25) is 0 Å². The van der Waals surface area contributed by atoms with Gasteiger partial charge in [-0.05, 0) is 18.8 Å². The second-order valence-corrected chi connectivity index (χ2v) is 11.0. The van der Waals surface area contributed by atoms with Crippen LogP contribution in [-0.4, -0.2) is 95.3 Å². The first-order chi connectivity index (χ1) is 23.0. The van der Waals surface area contributed by atoms with Gasteiger partial charge < -0.3 is 47.4 Å². The molecule has 2 fully saturated rings. The van der Waals surface area contributed by atoms with Gasteiger partial charge >= 0.3 is 0 Å². The molecule has 1 saturated heterocycles. The van der Waals surface area contributed by atoms with Crippen LogP contribution in [0.2, 0.25) is 0 Å². The maximum absolute atomic E-state index is 7.20. The topological polar surface area (TPSA) is 92.3 Å². The van der Waals surface area contributed by atoms with Crippen LogP contribution in [0.5, 0.6) is 0 Å². The Balaban J connectivity index is 2.66. The van der Waals surface area contributed by atoms with Gasteiger partial charge in [0.2, 0.25) is 5.79 Å². The number of rotatable bonds is 29. The second-order valence-electron chi connectivity index (χ2n) is 11.0. The van der Waals surface area contributed by atoms with Crippen molar-refractivity contribution in [3.8, 4) is 0 Å². The molecule has 1 saturated carbocycles. The summed E-state index contributed by atoms with van der Waals surface area (Å²) in [6, 6.07) is 0. The van der Waals surface area contributed by atoms with Gasteiger partial charge in [-0.15, -0.1) is 26.3 Å². The summed E-state index contributed by atoms with van der Waals surface area (Å²) >= 11 is 0. The zero-order valence-corrected chi connectivity index (χ0v) is 28.0. The van der Waals surface area contributed by atoms with Gasteiger partial charge in [0.15, 0.2) is 0 Å². The molecule has 10 nitrogen and oxygen atoms in total. The van der Waals surface area contributed by atoms with Gasteiger partial charge in [0, 0.05) is 18.8 Å². The molecule has 0 aromatic rings. The highest BCUT2D eigenvalue weighted by atomic mass is 16.8. The maximum atomic E-state index is 7.20. The summed E-state index contributed by atoms with van der Waals surface area (Å²) in [6.07, 6.45) is 11.3. The van der Waals surface area contributed by atoms with Gasteiger partial charge in [0.05, 0.1) is 96.2 Å². The summed E-state index contributed by atoms with van der Waals surface area (Å²) in [5.41, 5.74) is 0. The summed E-state index contributed by atoms with van der Waals surface area (Å²) in [4.78, 5) is 0. The van der Waals surface area contributed by atoms with E-state index in [9.17, 15) is 0 Å². The Kier molecular flexibility index (Phi) is 19.8. The molecular formula is C37H56O10. The van der Waals surface area contributed by atoms with E-state index in [0.717, 1.165) is 0 Å². The molecule has 0 radical (unpaired) electrons. The zero-order chi connectivity index (χ0) is 34.3. The molecular weight excluding hydrogens is 604 g/mol. The smallest absolute Gasteiger partial charge is 0.201 e. The van der Waals surface area contributed by atoms with E-state index < -0.39 is 42.4 Å². The lowest BCUT2D eigenvalue weighted by Gasteiger charge is -2.49. The molecule has 1 aliphatic heterocycles. The largest absolute Gasteiger partial charge is 0.502 e. The van der Waals surface area contributed by atoms with E-state index in [1.54, 1.807) is 24.3 Å². The minimum atomic E-state index is -1.33. The van der Waals surface area contributed by atoms with E-state index >= 15 is 0 Å². The normalized spacial score (nSPS) is 30.0. The zero-order valence-electron chi connectivity index (χ0n) is 28.0. The van der Waals surface area contributed by atoms with Crippen molar-refractivity contribution >= 4 is 0 Å². The molecule has 10 heteroatoms. The summed E-state index contributed by atoms with van der Waals surface area (Å²) in [5, 5.41) is 0. The standard InChI is InChI=1S/C37H56O10/c1-9-20-42-33-30(28-41-16-8)29(17-24-38-13-5)27-32(34(33)43-21-10-2)47-37(19-26-40-15-7)36(45-23-12-4)35(44-22-11-3)31(46-37)18-25-39-14-6/h9-16,29-36H,1-8,17-28H2/t29-,30+,31+,32-,33-,34-,35+,36-,37-/m0/s1. The van der Waals surface area contributed by atoms with Crippen LogP contribution in [0.3, 0.4) is 0 Å². The number of ether oxygens (including phenoxy) is 10. The average molecular weight is 661 g/mol. The Hall–Kier alpha value is -3.12. The van der Waals surface area contributed by atoms with Crippen LogP contribution in [-0.2, 0) is 47.4 Å². The van der Waals surface area contributed by atoms with Crippen molar-refractivity contribution in [2.24, 2.45) is 11.8 Å². The lowest BCUT2D eigenvalue weighted by Crippen LogP contribution is -2.59. The van der Waals surface area contributed by atoms with E-state index in [1.165, 1.54) is 25.0 Å². The molecule has 0 unspecified atom stereocenters. The molecule has 0 aromatic carbocycles. The third-order valence-corrected chi connectivity index (χ3v) is 8.12. The number of hydrogen-bond acceptors (Lipinski definition) is 10. The van der Waals surface area contributed by atoms with E-state index in [0.29, 0.717) is 52.1 Å². The van der Waals surface area contributed by atoms with E-state index in [1.807, 2.05) is 0 Å². The fourth-order valence-corrected chi connectivity index (χ4v) is 6.26. The van der Waals surface area contributed by atoms with Crippen molar-refractivity contribution in [2.75, 3.05) is 52.9 Å². The van der Waals surface area contributed by atoms with Crippen LogP contribution >= 0.6 is 0 Å². The molecule has 9 atom stereocenters. The molecule has 0 bridgehead atoms. The van der Waals surface area contributed by atoms with Gasteiger partial charge in [-0.25, -0.2) is 0 Å². The fourth-order valence-electron chi connectivity index (χ4n) is 6.26. The highest BCUT2D eigenvalue weighted by Crippen LogP contribution is 2.45. The fraction of sp³-hybridized carbons (Fsp3) is 0.568. The SMILES string of the molecule is C=CCO[C@@H]1[C@@H](OCC=C)[C@H](COC=C)[C@@H](CCOC=C)C[C@@H]1O[C@]1(CCOC=C)O[C@H](CCOC=C)[C@@H](OCC=C)[C@@H]1OCC=C. The van der Waals surface area contributed by atoms with Crippen molar-refractivity contribution in [3.05, 3.63) is 102 Å². The Morgan fingerprint density at radius 2 is 1.13 bits per heavy atom. The molecule has 47 heavy (non-hydrogen) atoms. The number of hydrogen-bond donors (Lipinski definition) is 0. The Bertz CT molecular complexity index is 969. The third kappa shape index (κ3) is 12.1. The van der Waals surface area contributed by atoms with Crippen LogP contribution in [0.1, 0.15) is 25.7 Å². The molecule has 0 aromatic heterocycles. The highest BCUT2D eigenvalue weighted by Gasteiger charge is 2.60. The van der Waals surface area contributed by atoms with Crippen molar-refractivity contribution < 1.29 is 47.4 Å². The second kappa shape index (κ2) is 23.2. The van der Waals surface area contributed by atoms with Crippen LogP contribution < -0.4 is 0 Å². The minimum Gasteiger partial charge on any atom is -0.502 e. The molecule has 0 N–H and O–H groups in total. The molecule has 2 rings (SSSR count). The van der Waals surface area contributed by atoms with E-state index in [4.69, 9.17) is 47.4 Å². The van der Waals surface area contributed by atoms with Crippen molar-refractivity contribution in [1.29, 1.82) is 0 Å². The maximum Gasteiger partial charge on any atom is 0.201 e. The monoisotopic (exact) mass is 660 g/mol. The first-order valence-corrected chi connectivity index (χ1v) is 16.2.